The van der Waals surface area contributed by atoms with Gasteiger partial charge in [0.05, 0.1) is 21.7 Å². The van der Waals surface area contributed by atoms with Gasteiger partial charge in [0.25, 0.3) is 0 Å². The Kier molecular flexibility index (Phi) is 6.35. The molecular formula is C20H18ClF2N3O4S2. The van der Waals surface area contributed by atoms with Crippen LogP contribution in [0.1, 0.15) is 12.8 Å². The van der Waals surface area contributed by atoms with E-state index in [1.54, 1.807) is 12.1 Å². The number of nitrogens with zero attached hydrogens (tertiary/aromatic N) is 2. The molecule has 12 heteroatoms. The van der Waals surface area contributed by atoms with Crippen LogP contribution < -0.4 is 10.1 Å². The maximum Gasteiger partial charge on any atom is 0.243 e. The largest absolute Gasteiger partial charge is 0.494 e. The molecule has 1 amide bonds. The van der Waals surface area contributed by atoms with Crippen molar-refractivity contribution in [3.63, 3.8) is 0 Å². The van der Waals surface area contributed by atoms with Crippen molar-refractivity contribution in [3.8, 4) is 5.75 Å². The van der Waals surface area contributed by atoms with Crippen LogP contribution in [0.15, 0.2) is 35.2 Å². The quantitative estimate of drug-likeness (QED) is 0.564. The fourth-order valence-electron chi connectivity index (χ4n) is 3.52. The molecule has 4 rings (SSSR count). The van der Waals surface area contributed by atoms with Crippen LogP contribution in [-0.4, -0.2) is 43.8 Å². The Bertz CT molecular complexity index is 1290. The standard InChI is InChI=1S/C20H18ClF2N3O4S2/c1-30-16-5-3-13(21)18-17(16)24-20(31-18)25-19(27)11-6-8-26(9-7-11)32(28,29)12-2-4-14(22)15(23)10-12/h2-5,10-11H,6-9H2,1H3,(H,24,25,27). The zero-order chi connectivity index (χ0) is 23.0. The van der Waals surface area contributed by atoms with Crippen LogP contribution in [0.5, 0.6) is 5.75 Å². The zero-order valence-corrected chi connectivity index (χ0v) is 19.2. The predicted octanol–water partition coefficient (Wildman–Crippen LogP) is 4.28. The summed E-state index contributed by atoms with van der Waals surface area (Å²) in [6.45, 7) is 0.165. The van der Waals surface area contributed by atoms with Crippen molar-refractivity contribution >= 4 is 54.2 Å². The summed E-state index contributed by atoms with van der Waals surface area (Å²) in [5, 5.41) is 3.64. The van der Waals surface area contributed by atoms with Gasteiger partial charge < -0.3 is 10.1 Å². The molecule has 0 unspecified atom stereocenters. The van der Waals surface area contributed by atoms with E-state index >= 15 is 0 Å². The van der Waals surface area contributed by atoms with E-state index in [1.165, 1.54) is 22.8 Å². The van der Waals surface area contributed by atoms with Gasteiger partial charge in [0, 0.05) is 19.0 Å². The maximum atomic E-state index is 13.5. The number of hydrogen-bond acceptors (Lipinski definition) is 6. The lowest BCUT2D eigenvalue weighted by Crippen LogP contribution is -2.41. The van der Waals surface area contributed by atoms with Gasteiger partial charge in [0.2, 0.25) is 15.9 Å². The Morgan fingerprint density at radius 3 is 2.59 bits per heavy atom. The summed E-state index contributed by atoms with van der Waals surface area (Å²) in [7, 11) is -2.47. The monoisotopic (exact) mass is 501 g/mol. The fraction of sp³-hybridized carbons (Fsp3) is 0.300. The number of methoxy groups -OCH3 is 1. The van der Waals surface area contributed by atoms with Crippen LogP contribution in [0.25, 0.3) is 10.2 Å². The number of halogens is 3. The van der Waals surface area contributed by atoms with Gasteiger partial charge >= 0.3 is 0 Å². The van der Waals surface area contributed by atoms with Crippen LogP contribution in [0.4, 0.5) is 13.9 Å². The molecule has 0 bridgehead atoms. The molecule has 1 aromatic heterocycles. The number of sulfonamides is 1. The van der Waals surface area contributed by atoms with Crippen molar-refractivity contribution in [1.29, 1.82) is 0 Å². The number of piperidine rings is 1. The molecule has 0 saturated carbocycles. The molecule has 170 valence electrons. The van der Waals surface area contributed by atoms with E-state index in [4.69, 9.17) is 16.3 Å². The smallest absolute Gasteiger partial charge is 0.243 e. The molecule has 3 aromatic rings. The molecule has 7 nitrogen and oxygen atoms in total. The Labute approximate surface area is 192 Å². The third-order valence-corrected chi connectivity index (χ3v) is 8.59. The molecule has 1 aliphatic rings. The molecule has 2 aromatic carbocycles. The minimum absolute atomic E-state index is 0.0823. The first-order valence-corrected chi connectivity index (χ1v) is 12.2. The second-order valence-corrected chi connectivity index (χ2v) is 10.5. The van der Waals surface area contributed by atoms with Gasteiger partial charge in [-0.1, -0.05) is 22.9 Å². The van der Waals surface area contributed by atoms with E-state index in [9.17, 15) is 22.0 Å². The summed E-state index contributed by atoms with van der Waals surface area (Å²) in [6, 6.07) is 5.85. The highest BCUT2D eigenvalue weighted by Crippen LogP contribution is 2.37. The average Bonchev–Trinajstić information content (AvgIpc) is 3.20. The molecule has 2 heterocycles. The zero-order valence-electron chi connectivity index (χ0n) is 16.8. The number of carbonyl (C=O) groups is 1. The van der Waals surface area contributed by atoms with E-state index in [-0.39, 0.29) is 36.7 Å². The number of hydrogen-bond donors (Lipinski definition) is 1. The van der Waals surface area contributed by atoms with Crippen molar-refractivity contribution in [3.05, 3.63) is 47.0 Å². The first-order chi connectivity index (χ1) is 15.2. The highest BCUT2D eigenvalue weighted by molar-refractivity contribution is 7.89. The van der Waals surface area contributed by atoms with Gasteiger partial charge in [-0.25, -0.2) is 22.2 Å². The molecule has 1 saturated heterocycles. The summed E-state index contributed by atoms with van der Waals surface area (Å²) < 4.78 is 59.2. The highest BCUT2D eigenvalue weighted by Gasteiger charge is 2.33. The third-order valence-electron chi connectivity index (χ3n) is 5.26. The first-order valence-electron chi connectivity index (χ1n) is 9.60. The number of carbonyl (C=O) groups excluding carboxylic acids is 1. The van der Waals surface area contributed by atoms with Gasteiger partial charge in [-0.05, 0) is 43.2 Å². The Balaban J connectivity index is 1.43. The third kappa shape index (κ3) is 4.29. The Morgan fingerprint density at radius 1 is 1.22 bits per heavy atom. The van der Waals surface area contributed by atoms with Crippen molar-refractivity contribution in [2.75, 3.05) is 25.5 Å². The molecular weight excluding hydrogens is 484 g/mol. The molecule has 0 radical (unpaired) electrons. The molecule has 0 atom stereocenters. The lowest BCUT2D eigenvalue weighted by molar-refractivity contribution is -0.120. The molecule has 0 aliphatic carbocycles. The molecule has 1 N–H and O–H groups in total. The molecule has 32 heavy (non-hydrogen) atoms. The predicted molar refractivity (Wildman–Crippen MR) is 118 cm³/mol. The number of amides is 1. The van der Waals surface area contributed by atoms with Gasteiger partial charge in [-0.15, -0.1) is 0 Å². The summed E-state index contributed by atoms with van der Waals surface area (Å²) in [6.07, 6.45) is 0.563. The summed E-state index contributed by atoms with van der Waals surface area (Å²) >= 11 is 7.43. The second-order valence-electron chi connectivity index (χ2n) is 7.19. The van der Waals surface area contributed by atoms with Crippen molar-refractivity contribution in [2.45, 2.75) is 17.7 Å². The topological polar surface area (TPSA) is 88.6 Å². The number of rotatable bonds is 5. The molecule has 1 fully saturated rings. The van der Waals surface area contributed by atoms with Crippen molar-refractivity contribution < 1.29 is 26.7 Å². The number of benzene rings is 2. The van der Waals surface area contributed by atoms with E-state index in [1.807, 2.05) is 0 Å². The SMILES string of the molecule is COc1ccc(Cl)c2sc(NC(=O)C3CCN(S(=O)(=O)c4ccc(F)c(F)c4)CC3)nc12. The van der Waals surface area contributed by atoms with E-state index in [0.29, 0.717) is 32.2 Å². The summed E-state index contributed by atoms with van der Waals surface area (Å²) in [5.41, 5.74) is 0.549. The Hall–Kier alpha value is -2.34. The second kappa shape index (κ2) is 8.89. The normalized spacial score (nSPS) is 15.8. The lowest BCUT2D eigenvalue weighted by Gasteiger charge is -2.30. The van der Waals surface area contributed by atoms with Crippen LogP contribution >= 0.6 is 22.9 Å². The summed E-state index contributed by atoms with van der Waals surface area (Å²) in [5.74, 6) is -2.50. The number of fused-ring (bicyclic) bond motifs is 1. The molecule has 0 spiro atoms. The number of anilines is 1. The van der Waals surface area contributed by atoms with Crippen LogP contribution in [0.2, 0.25) is 5.02 Å². The van der Waals surface area contributed by atoms with Crippen molar-refractivity contribution in [2.24, 2.45) is 5.92 Å². The summed E-state index contributed by atoms with van der Waals surface area (Å²) in [4.78, 5) is 16.8. The fourth-order valence-corrected chi connectivity index (χ4v) is 6.16. The lowest BCUT2D eigenvalue weighted by atomic mass is 9.97. The van der Waals surface area contributed by atoms with E-state index in [0.717, 1.165) is 12.1 Å². The highest BCUT2D eigenvalue weighted by atomic mass is 35.5. The maximum absolute atomic E-state index is 13.5. The Morgan fingerprint density at radius 2 is 1.94 bits per heavy atom. The van der Waals surface area contributed by atoms with Gasteiger partial charge in [-0.3, -0.25) is 4.79 Å². The van der Waals surface area contributed by atoms with E-state index < -0.39 is 27.6 Å². The molecule has 1 aliphatic heterocycles. The number of aromatic nitrogens is 1. The first kappa shape index (κ1) is 22.8. The van der Waals surface area contributed by atoms with Crippen LogP contribution in [0, 0.1) is 17.6 Å². The van der Waals surface area contributed by atoms with Crippen LogP contribution in [0.3, 0.4) is 0 Å². The number of thiazole rings is 1. The van der Waals surface area contributed by atoms with E-state index in [2.05, 4.69) is 10.3 Å². The van der Waals surface area contributed by atoms with Gasteiger partial charge in [0.1, 0.15) is 11.3 Å². The van der Waals surface area contributed by atoms with Crippen molar-refractivity contribution in [1.82, 2.24) is 9.29 Å². The van der Waals surface area contributed by atoms with Gasteiger partial charge in [-0.2, -0.15) is 4.31 Å². The average molecular weight is 502 g/mol. The minimum atomic E-state index is -3.98. The minimum Gasteiger partial charge on any atom is -0.494 e. The van der Waals surface area contributed by atoms with Crippen LogP contribution in [-0.2, 0) is 14.8 Å². The number of nitrogens with one attached hydrogen (secondary N) is 1. The number of ether oxygens (including phenoxy) is 1. The van der Waals surface area contributed by atoms with Gasteiger partial charge in [0.15, 0.2) is 16.8 Å².